The minimum atomic E-state index is -3.26. The largest absolute Gasteiger partial charge is 0.328 e. The highest BCUT2D eigenvalue weighted by Crippen LogP contribution is 2.25. The Morgan fingerprint density at radius 1 is 1.40 bits per heavy atom. The molecule has 4 N–H and O–H groups in total. The molecule has 0 radical (unpaired) electrons. The van der Waals surface area contributed by atoms with Gasteiger partial charge in [-0.25, -0.2) is 13.6 Å². The third-order valence-electron chi connectivity index (χ3n) is 1.74. The summed E-state index contributed by atoms with van der Waals surface area (Å²) in [6.07, 6.45) is 1.60. The van der Waals surface area contributed by atoms with E-state index < -0.39 is 10.0 Å². The van der Waals surface area contributed by atoms with Gasteiger partial charge in [-0.1, -0.05) is 0 Å². The number of hydrogen-bond donors (Lipinski definition) is 2. The van der Waals surface area contributed by atoms with Crippen molar-refractivity contribution in [2.75, 3.05) is 5.75 Å². The Kier molecular flexibility index (Phi) is 1.98. The van der Waals surface area contributed by atoms with Gasteiger partial charge in [-0.15, -0.1) is 0 Å². The molecule has 0 aromatic rings. The predicted molar refractivity (Wildman–Crippen MR) is 38.7 cm³/mol. The average molecular weight is 164 g/mol. The molecule has 1 aliphatic carbocycles. The van der Waals surface area contributed by atoms with Crippen molar-refractivity contribution < 1.29 is 8.42 Å². The fraction of sp³-hybridized carbons (Fsp3) is 1.00. The van der Waals surface area contributed by atoms with Crippen LogP contribution in [0.2, 0.25) is 0 Å². The zero-order valence-corrected chi connectivity index (χ0v) is 6.47. The van der Waals surface area contributed by atoms with Gasteiger partial charge >= 0.3 is 0 Å². The highest BCUT2D eigenvalue weighted by Gasteiger charge is 2.28. The van der Waals surface area contributed by atoms with Crippen molar-refractivity contribution in [1.82, 2.24) is 0 Å². The minimum Gasteiger partial charge on any atom is -0.328 e. The number of rotatable bonds is 2. The monoisotopic (exact) mass is 164 g/mol. The maximum absolute atomic E-state index is 10.5. The van der Waals surface area contributed by atoms with Crippen LogP contribution in [0.4, 0.5) is 0 Å². The van der Waals surface area contributed by atoms with E-state index in [1.54, 1.807) is 0 Å². The zero-order valence-electron chi connectivity index (χ0n) is 5.66. The highest BCUT2D eigenvalue weighted by molar-refractivity contribution is 7.89. The van der Waals surface area contributed by atoms with Gasteiger partial charge < -0.3 is 5.73 Å². The molecule has 0 bridgehead atoms. The van der Waals surface area contributed by atoms with Crippen molar-refractivity contribution in [3.8, 4) is 0 Å². The minimum absolute atomic E-state index is 0.0979. The maximum atomic E-state index is 10.5. The standard InChI is InChI=1S/C5H12N2O2S/c6-5-1-4(2-5)3-10(7,8)9/h4-5H,1-3,6H2,(H2,7,8,9). The molecule has 1 aliphatic rings. The average Bonchev–Trinajstić information content (AvgIpc) is 1.57. The number of sulfonamides is 1. The summed E-state index contributed by atoms with van der Waals surface area (Å²) in [5.74, 6) is 0.311. The van der Waals surface area contributed by atoms with Crippen molar-refractivity contribution >= 4 is 10.0 Å². The van der Waals surface area contributed by atoms with Crippen molar-refractivity contribution in [2.24, 2.45) is 16.8 Å². The zero-order chi connectivity index (χ0) is 7.78. The van der Waals surface area contributed by atoms with Crippen LogP contribution in [0.3, 0.4) is 0 Å². The molecular formula is C5H12N2O2S. The normalized spacial score (nSPS) is 33.4. The molecule has 0 heterocycles. The fourth-order valence-electron chi connectivity index (χ4n) is 1.25. The van der Waals surface area contributed by atoms with Gasteiger partial charge in [-0.05, 0) is 18.8 Å². The van der Waals surface area contributed by atoms with E-state index >= 15 is 0 Å². The van der Waals surface area contributed by atoms with E-state index in [2.05, 4.69) is 0 Å². The lowest BCUT2D eigenvalue weighted by Gasteiger charge is -2.31. The summed E-state index contributed by atoms with van der Waals surface area (Å²) in [6.45, 7) is 0. The second kappa shape index (κ2) is 2.48. The van der Waals surface area contributed by atoms with Crippen LogP contribution in [0, 0.1) is 5.92 Å². The number of hydrogen-bond acceptors (Lipinski definition) is 3. The van der Waals surface area contributed by atoms with Crippen LogP contribution in [0.15, 0.2) is 0 Å². The molecule has 5 heteroatoms. The molecular weight excluding hydrogens is 152 g/mol. The van der Waals surface area contributed by atoms with Crippen LogP contribution in [0.1, 0.15) is 12.8 Å². The molecule has 1 saturated carbocycles. The Morgan fingerprint density at radius 2 is 1.90 bits per heavy atom. The molecule has 60 valence electrons. The molecule has 1 fully saturated rings. The topological polar surface area (TPSA) is 86.2 Å². The van der Waals surface area contributed by atoms with E-state index in [1.807, 2.05) is 0 Å². The van der Waals surface area contributed by atoms with E-state index in [4.69, 9.17) is 10.9 Å². The quantitative estimate of drug-likeness (QED) is 0.549. The lowest BCUT2D eigenvalue weighted by Crippen LogP contribution is -2.40. The van der Waals surface area contributed by atoms with Crippen molar-refractivity contribution in [3.05, 3.63) is 0 Å². The van der Waals surface area contributed by atoms with Gasteiger partial charge in [0.05, 0.1) is 5.75 Å². The van der Waals surface area contributed by atoms with Crippen molar-refractivity contribution in [3.63, 3.8) is 0 Å². The molecule has 0 unspecified atom stereocenters. The van der Waals surface area contributed by atoms with Crippen molar-refractivity contribution in [1.29, 1.82) is 0 Å². The van der Waals surface area contributed by atoms with Crippen molar-refractivity contribution in [2.45, 2.75) is 18.9 Å². The van der Waals surface area contributed by atoms with E-state index in [1.165, 1.54) is 0 Å². The van der Waals surface area contributed by atoms with E-state index in [-0.39, 0.29) is 17.7 Å². The van der Waals surface area contributed by atoms with Crippen LogP contribution in [-0.2, 0) is 10.0 Å². The molecule has 0 aromatic carbocycles. The molecule has 0 aromatic heterocycles. The molecule has 4 nitrogen and oxygen atoms in total. The summed E-state index contributed by atoms with van der Waals surface area (Å²) in [6, 6.07) is 0.201. The van der Waals surface area contributed by atoms with Crippen LogP contribution in [0.25, 0.3) is 0 Å². The molecule has 10 heavy (non-hydrogen) atoms. The third kappa shape index (κ3) is 2.24. The first kappa shape index (κ1) is 7.97. The van der Waals surface area contributed by atoms with Gasteiger partial charge in [-0.3, -0.25) is 0 Å². The van der Waals surface area contributed by atoms with Gasteiger partial charge in [0.25, 0.3) is 0 Å². The Hall–Kier alpha value is -0.130. The summed E-state index contributed by atoms with van der Waals surface area (Å²) in [4.78, 5) is 0. The van der Waals surface area contributed by atoms with Crippen LogP contribution in [-0.4, -0.2) is 20.2 Å². The summed E-state index contributed by atoms with van der Waals surface area (Å²) in [5, 5.41) is 4.82. The lowest BCUT2D eigenvalue weighted by molar-refractivity contribution is 0.292. The smallest absolute Gasteiger partial charge is 0.209 e. The maximum Gasteiger partial charge on any atom is 0.209 e. The first-order valence-electron chi connectivity index (χ1n) is 3.23. The Bertz CT molecular complexity index is 206. The summed E-state index contributed by atoms with van der Waals surface area (Å²) in [5.41, 5.74) is 5.45. The molecule has 0 aliphatic heterocycles. The fourth-order valence-corrected chi connectivity index (χ4v) is 2.18. The van der Waals surface area contributed by atoms with Gasteiger partial charge in [0.1, 0.15) is 0 Å². The van der Waals surface area contributed by atoms with Gasteiger partial charge in [0.2, 0.25) is 10.0 Å². The molecule has 0 saturated heterocycles. The van der Waals surface area contributed by atoms with Gasteiger partial charge in [-0.2, -0.15) is 0 Å². The lowest BCUT2D eigenvalue weighted by atomic mass is 9.82. The Balaban J connectivity index is 2.30. The van der Waals surface area contributed by atoms with Crippen LogP contribution >= 0.6 is 0 Å². The van der Waals surface area contributed by atoms with E-state index in [0.717, 1.165) is 12.8 Å². The summed E-state index contributed by atoms with van der Waals surface area (Å²) < 4.78 is 21.0. The number of primary sulfonamides is 1. The van der Waals surface area contributed by atoms with Crippen LogP contribution in [0.5, 0.6) is 0 Å². The molecule has 0 atom stereocenters. The predicted octanol–water partition coefficient (Wildman–Crippen LogP) is -0.988. The second-order valence-electron chi connectivity index (χ2n) is 2.93. The molecule has 1 rings (SSSR count). The third-order valence-corrected chi connectivity index (χ3v) is 2.68. The SMILES string of the molecule is NC1CC(CS(N)(=O)=O)C1. The second-order valence-corrected chi connectivity index (χ2v) is 4.59. The number of nitrogens with two attached hydrogens (primary N) is 2. The van der Waals surface area contributed by atoms with E-state index in [9.17, 15) is 8.42 Å². The van der Waals surface area contributed by atoms with Gasteiger partial charge in [0.15, 0.2) is 0 Å². The van der Waals surface area contributed by atoms with Crippen LogP contribution < -0.4 is 10.9 Å². The first-order valence-corrected chi connectivity index (χ1v) is 4.95. The molecule has 0 spiro atoms. The summed E-state index contributed by atoms with van der Waals surface area (Å²) in [7, 11) is -3.26. The van der Waals surface area contributed by atoms with E-state index in [0.29, 0.717) is 0 Å². The van der Waals surface area contributed by atoms with Gasteiger partial charge in [0, 0.05) is 6.04 Å². The highest BCUT2D eigenvalue weighted by atomic mass is 32.2. The first-order chi connectivity index (χ1) is 4.47. The summed E-state index contributed by atoms with van der Waals surface area (Å²) >= 11 is 0. The Morgan fingerprint density at radius 3 is 2.20 bits per heavy atom. The molecule has 0 amide bonds. The Labute approximate surface area is 60.6 Å².